The number of benzene rings is 2. The van der Waals surface area contributed by atoms with Crippen molar-refractivity contribution in [2.75, 3.05) is 12.9 Å². The summed E-state index contributed by atoms with van der Waals surface area (Å²) in [7, 11) is 1.65. The van der Waals surface area contributed by atoms with Gasteiger partial charge in [0.2, 0.25) is 11.8 Å². The fourth-order valence-electron chi connectivity index (χ4n) is 4.50. The summed E-state index contributed by atoms with van der Waals surface area (Å²) in [6.07, 6.45) is 6.23. The minimum Gasteiger partial charge on any atom is -0.497 e. The molecule has 1 atom stereocenters. The van der Waals surface area contributed by atoms with Crippen molar-refractivity contribution in [3.63, 3.8) is 0 Å². The normalized spacial score (nSPS) is 14.9. The van der Waals surface area contributed by atoms with E-state index in [1.807, 2.05) is 49.4 Å². The Hall–Kier alpha value is -2.47. The molecule has 34 heavy (non-hydrogen) atoms. The van der Waals surface area contributed by atoms with Crippen molar-refractivity contribution in [2.45, 2.75) is 76.8 Å². The molecule has 1 saturated carbocycles. The van der Waals surface area contributed by atoms with Crippen molar-refractivity contribution in [1.82, 2.24) is 10.2 Å². The molecule has 1 aliphatic carbocycles. The second-order valence-electron chi connectivity index (χ2n) is 9.06. The van der Waals surface area contributed by atoms with Gasteiger partial charge in [0.15, 0.2) is 0 Å². The maximum absolute atomic E-state index is 13.5. The topological polar surface area (TPSA) is 58.6 Å². The number of nitrogens with zero attached hydrogens (tertiary/aromatic N) is 1. The summed E-state index contributed by atoms with van der Waals surface area (Å²) in [5.41, 5.74) is 3.36. The molecule has 2 aromatic rings. The van der Waals surface area contributed by atoms with Gasteiger partial charge in [-0.25, -0.2) is 0 Å². The minimum atomic E-state index is -0.462. The summed E-state index contributed by atoms with van der Waals surface area (Å²) in [6.45, 7) is 4.50. The smallest absolute Gasteiger partial charge is 0.243 e. The zero-order chi connectivity index (χ0) is 24.3. The van der Waals surface area contributed by atoms with E-state index in [1.165, 1.54) is 6.42 Å². The molecule has 2 amide bonds. The molecule has 0 saturated heterocycles. The lowest BCUT2D eigenvalue weighted by atomic mass is 9.95. The van der Waals surface area contributed by atoms with E-state index in [1.54, 1.807) is 23.8 Å². The molecule has 0 aromatic heterocycles. The van der Waals surface area contributed by atoms with E-state index < -0.39 is 6.04 Å². The zero-order valence-corrected chi connectivity index (χ0v) is 21.5. The molecule has 1 N–H and O–H groups in total. The number of rotatable bonds is 11. The Morgan fingerprint density at radius 2 is 1.79 bits per heavy atom. The molecular formula is C28H38N2O3S. The van der Waals surface area contributed by atoms with Gasteiger partial charge in [0, 0.05) is 18.3 Å². The molecule has 0 spiro atoms. The summed E-state index contributed by atoms with van der Waals surface area (Å²) in [5.74, 6) is 1.89. The molecule has 0 heterocycles. The highest BCUT2D eigenvalue weighted by Crippen LogP contribution is 2.22. The first-order valence-electron chi connectivity index (χ1n) is 12.4. The van der Waals surface area contributed by atoms with E-state index in [0.29, 0.717) is 18.7 Å². The first kappa shape index (κ1) is 26.1. The van der Waals surface area contributed by atoms with E-state index in [2.05, 4.69) is 18.3 Å². The Labute approximate surface area is 208 Å². The molecule has 0 unspecified atom stereocenters. The quantitative estimate of drug-likeness (QED) is 0.460. The number of carbonyl (C=O) groups is 2. The molecule has 1 aliphatic rings. The van der Waals surface area contributed by atoms with Gasteiger partial charge in [-0.05, 0) is 55.0 Å². The Morgan fingerprint density at radius 3 is 2.44 bits per heavy atom. The lowest BCUT2D eigenvalue weighted by Crippen LogP contribution is -2.52. The largest absolute Gasteiger partial charge is 0.497 e. The van der Waals surface area contributed by atoms with Crippen LogP contribution in [-0.2, 0) is 21.9 Å². The standard InChI is InChI=1S/C28H38N2O3S/c1-4-26(28(32)29-24-12-6-5-7-13-24)30(18-23-11-9-8-10-21(23)2)27(31)20-34-19-22-14-16-25(33-3)17-15-22/h8-11,14-17,24,26H,4-7,12-13,18-20H2,1-3H3,(H,29,32)/t26-/m0/s1. The summed E-state index contributed by atoms with van der Waals surface area (Å²) < 4.78 is 5.22. The number of nitrogens with one attached hydrogen (secondary N) is 1. The molecule has 2 aromatic carbocycles. The maximum Gasteiger partial charge on any atom is 0.243 e. The van der Waals surface area contributed by atoms with Crippen LogP contribution < -0.4 is 10.1 Å². The van der Waals surface area contributed by atoms with Crippen LogP contribution in [0.15, 0.2) is 48.5 Å². The van der Waals surface area contributed by atoms with Gasteiger partial charge in [0.05, 0.1) is 12.9 Å². The van der Waals surface area contributed by atoms with Gasteiger partial charge in [0.1, 0.15) is 11.8 Å². The third-order valence-electron chi connectivity index (χ3n) is 6.59. The van der Waals surface area contributed by atoms with Crippen LogP contribution in [0.5, 0.6) is 5.75 Å². The molecule has 3 rings (SSSR count). The van der Waals surface area contributed by atoms with Gasteiger partial charge in [-0.1, -0.05) is 62.6 Å². The molecular weight excluding hydrogens is 444 g/mol. The monoisotopic (exact) mass is 482 g/mol. The zero-order valence-electron chi connectivity index (χ0n) is 20.7. The summed E-state index contributed by atoms with van der Waals surface area (Å²) in [6, 6.07) is 15.8. The number of thioether (sulfide) groups is 1. The molecule has 6 heteroatoms. The number of aryl methyl sites for hydroxylation is 1. The fourth-order valence-corrected chi connectivity index (χ4v) is 5.37. The van der Waals surface area contributed by atoms with E-state index in [4.69, 9.17) is 4.74 Å². The molecule has 184 valence electrons. The average Bonchev–Trinajstić information content (AvgIpc) is 2.86. The lowest BCUT2D eigenvalue weighted by Gasteiger charge is -2.33. The van der Waals surface area contributed by atoms with Crippen LogP contribution in [0.25, 0.3) is 0 Å². The van der Waals surface area contributed by atoms with Crippen LogP contribution in [0.2, 0.25) is 0 Å². The first-order chi connectivity index (χ1) is 16.5. The number of hydrogen-bond donors (Lipinski definition) is 1. The van der Waals surface area contributed by atoms with Crippen molar-refractivity contribution in [1.29, 1.82) is 0 Å². The van der Waals surface area contributed by atoms with Crippen LogP contribution >= 0.6 is 11.8 Å². The highest BCUT2D eigenvalue weighted by molar-refractivity contribution is 7.99. The summed E-state index contributed by atoms with van der Waals surface area (Å²) in [5, 5.41) is 3.25. The third kappa shape index (κ3) is 7.52. The van der Waals surface area contributed by atoms with Gasteiger partial charge in [-0.2, -0.15) is 0 Å². The molecule has 5 nitrogen and oxygen atoms in total. The first-order valence-corrected chi connectivity index (χ1v) is 13.5. The Bertz CT molecular complexity index is 926. The van der Waals surface area contributed by atoms with Crippen LogP contribution in [0, 0.1) is 6.92 Å². The number of ether oxygens (including phenoxy) is 1. The molecule has 1 fully saturated rings. The highest BCUT2D eigenvalue weighted by Gasteiger charge is 2.30. The lowest BCUT2D eigenvalue weighted by molar-refractivity contribution is -0.139. The number of hydrogen-bond acceptors (Lipinski definition) is 4. The molecule has 0 bridgehead atoms. The van der Waals surface area contributed by atoms with E-state index in [0.717, 1.165) is 53.9 Å². The van der Waals surface area contributed by atoms with E-state index >= 15 is 0 Å². The van der Waals surface area contributed by atoms with Crippen LogP contribution in [0.1, 0.15) is 62.1 Å². The van der Waals surface area contributed by atoms with Gasteiger partial charge < -0.3 is 15.0 Å². The van der Waals surface area contributed by atoms with Crippen LogP contribution in [-0.4, -0.2) is 41.7 Å². The third-order valence-corrected chi connectivity index (χ3v) is 7.58. The van der Waals surface area contributed by atoms with E-state index in [-0.39, 0.29) is 17.9 Å². The van der Waals surface area contributed by atoms with Crippen LogP contribution in [0.3, 0.4) is 0 Å². The highest BCUT2D eigenvalue weighted by atomic mass is 32.2. The van der Waals surface area contributed by atoms with E-state index in [9.17, 15) is 9.59 Å². The second kappa shape index (κ2) is 13.4. The minimum absolute atomic E-state index is 0.00686. The van der Waals surface area contributed by atoms with Crippen molar-refractivity contribution >= 4 is 23.6 Å². The Morgan fingerprint density at radius 1 is 1.09 bits per heavy atom. The predicted octanol–water partition coefficient (Wildman–Crippen LogP) is 5.49. The molecule has 0 aliphatic heterocycles. The second-order valence-corrected chi connectivity index (χ2v) is 10.0. The predicted molar refractivity (Wildman–Crippen MR) is 140 cm³/mol. The van der Waals surface area contributed by atoms with Crippen molar-refractivity contribution in [3.05, 3.63) is 65.2 Å². The van der Waals surface area contributed by atoms with Crippen LogP contribution in [0.4, 0.5) is 0 Å². The SMILES string of the molecule is CC[C@@H](C(=O)NC1CCCCC1)N(Cc1ccccc1C)C(=O)CSCc1ccc(OC)cc1. The summed E-state index contributed by atoms with van der Waals surface area (Å²) in [4.78, 5) is 28.5. The maximum atomic E-state index is 13.5. The Balaban J connectivity index is 1.69. The van der Waals surface area contributed by atoms with Gasteiger partial charge in [-0.3, -0.25) is 9.59 Å². The fraction of sp³-hybridized carbons (Fsp3) is 0.500. The van der Waals surface area contributed by atoms with Gasteiger partial charge >= 0.3 is 0 Å². The number of methoxy groups -OCH3 is 1. The molecule has 0 radical (unpaired) electrons. The average molecular weight is 483 g/mol. The van der Waals surface area contributed by atoms with Crippen molar-refractivity contribution < 1.29 is 14.3 Å². The van der Waals surface area contributed by atoms with Gasteiger partial charge in [0.25, 0.3) is 0 Å². The van der Waals surface area contributed by atoms with Gasteiger partial charge in [-0.15, -0.1) is 11.8 Å². The van der Waals surface area contributed by atoms with Crippen molar-refractivity contribution in [3.8, 4) is 5.75 Å². The Kier molecular flexibility index (Phi) is 10.3. The number of carbonyl (C=O) groups excluding carboxylic acids is 2. The summed E-state index contributed by atoms with van der Waals surface area (Å²) >= 11 is 1.58. The van der Waals surface area contributed by atoms with Crippen molar-refractivity contribution in [2.24, 2.45) is 0 Å². The number of amides is 2.